The topological polar surface area (TPSA) is 98.8 Å². The first-order valence-electron chi connectivity index (χ1n) is 13.5. The van der Waals surface area contributed by atoms with Gasteiger partial charge < -0.3 is 10.6 Å². The Kier molecular flexibility index (Phi) is 6.47. The van der Waals surface area contributed by atoms with E-state index >= 15 is 0 Å². The van der Waals surface area contributed by atoms with Crippen molar-refractivity contribution in [1.82, 2.24) is 20.4 Å². The first kappa shape index (κ1) is 24.7. The van der Waals surface area contributed by atoms with Gasteiger partial charge in [0.1, 0.15) is 0 Å². The van der Waals surface area contributed by atoms with Gasteiger partial charge >= 0.3 is 0 Å². The molecular weight excluding hydrogens is 500 g/mol. The SMILES string of the molecule is O=C1c2ccccc2C(=O)N1[C@@H]1CCCC[C@H]1NC(=S)N[C@@H]1CCCC[C@H]1N1C(=O)c2ccccc2C1=O. The molecular formula is C29H30N4O4S. The number of carbonyl (C=O) groups is 4. The van der Waals surface area contributed by atoms with Crippen molar-refractivity contribution < 1.29 is 19.2 Å². The van der Waals surface area contributed by atoms with Crippen molar-refractivity contribution in [2.75, 3.05) is 0 Å². The smallest absolute Gasteiger partial charge is 0.261 e. The Morgan fingerprint density at radius 1 is 0.579 bits per heavy atom. The van der Waals surface area contributed by atoms with Crippen molar-refractivity contribution in [2.45, 2.75) is 75.5 Å². The molecule has 38 heavy (non-hydrogen) atoms. The van der Waals surface area contributed by atoms with Gasteiger partial charge in [-0.25, -0.2) is 0 Å². The van der Waals surface area contributed by atoms with Crippen LogP contribution in [0.25, 0.3) is 0 Å². The number of hydrogen-bond acceptors (Lipinski definition) is 5. The maximum atomic E-state index is 13.2. The number of thiocarbonyl (C=S) groups is 1. The molecule has 2 aliphatic carbocycles. The van der Waals surface area contributed by atoms with Gasteiger partial charge in [-0.2, -0.15) is 0 Å². The van der Waals surface area contributed by atoms with Crippen molar-refractivity contribution in [1.29, 1.82) is 0 Å². The van der Waals surface area contributed by atoms with Gasteiger partial charge in [-0.15, -0.1) is 0 Å². The highest BCUT2D eigenvalue weighted by Crippen LogP contribution is 2.33. The molecule has 2 saturated carbocycles. The number of imide groups is 2. The van der Waals surface area contributed by atoms with Crippen molar-refractivity contribution in [3.63, 3.8) is 0 Å². The van der Waals surface area contributed by atoms with Gasteiger partial charge in [-0.05, 0) is 62.2 Å². The van der Waals surface area contributed by atoms with Crippen LogP contribution in [0.2, 0.25) is 0 Å². The minimum absolute atomic E-state index is 0.174. The number of nitrogens with one attached hydrogen (secondary N) is 2. The summed E-state index contributed by atoms with van der Waals surface area (Å²) in [6.07, 6.45) is 6.81. The largest absolute Gasteiger partial charge is 0.358 e. The van der Waals surface area contributed by atoms with E-state index in [0.717, 1.165) is 38.5 Å². The minimum Gasteiger partial charge on any atom is -0.358 e. The normalized spacial score (nSPS) is 26.8. The van der Waals surface area contributed by atoms with Gasteiger partial charge in [0.15, 0.2) is 5.11 Å². The molecule has 0 unspecified atom stereocenters. The molecule has 2 heterocycles. The van der Waals surface area contributed by atoms with E-state index in [4.69, 9.17) is 12.2 Å². The van der Waals surface area contributed by atoms with E-state index in [1.54, 1.807) is 48.5 Å². The van der Waals surface area contributed by atoms with Crippen molar-refractivity contribution in [3.05, 3.63) is 70.8 Å². The summed E-state index contributed by atoms with van der Waals surface area (Å²) in [4.78, 5) is 55.5. The Bertz CT molecular complexity index is 1170. The third-order valence-corrected chi connectivity index (χ3v) is 8.64. The molecule has 2 N–H and O–H groups in total. The monoisotopic (exact) mass is 530 g/mol. The van der Waals surface area contributed by atoms with Crippen LogP contribution < -0.4 is 10.6 Å². The van der Waals surface area contributed by atoms with E-state index < -0.39 is 0 Å². The van der Waals surface area contributed by atoms with E-state index in [0.29, 0.717) is 40.2 Å². The fourth-order valence-electron chi connectivity index (χ4n) is 6.57. The van der Waals surface area contributed by atoms with E-state index in [1.165, 1.54) is 9.80 Å². The summed E-state index contributed by atoms with van der Waals surface area (Å²) in [5.74, 6) is -0.996. The van der Waals surface area contributed by atoms with Crippen LogP contribution >= 0.6 is 12.2 Å². The Morgan fingerprint density at radius 2 is 0.895 bits per heavy atom. The van der Waals surface area contributed by atoms with Crippen LogP contribution in [0.3, 0.4) is 0 Å². The molecule has 0 radical (unpaired) electrons. The zero-order valence-electron chi connectivity index (χ0n) is 21.0. The molecule has 8 nitrogen and oxygen atoms in total. The predicted molar refractivity (Wildman–Crippen MR) is 145 cm³/mol. The minimum atomic E-state index is -0.297. The van der Waals surface area contributed by atoms with Crippen LogP contribution in [0.4, 0.5) is 0 Å². The fraction of sp³-hybridized carbons (Fsp3) is 0.414. The molecule has 2 aromatic rings. The maximum Gasteiger partial charge on any atom is 0.261 e. The standard InChI is InChI=1S/C29H30N4O4S/c34-25-17-9-1-2-10-18(17)26(35)32(25)23-15-7-5-13-21(23)30-29(38)31-22-14-6-8-16-24(22)33-27(36)19-11-3-4-12-20(19)28(33)37/h1-4,9-12,21-24H,5-8,13-16H2,(H2,30,31,38)/t21-,22-,23-,24-/m1/s1. The van der Waals surface area contributed by atoms with E-state index in [-0.39, 0.29) is 47.8 Å². The zero-order chi connectivity index (χ0) is 26.4. The summed E-state index contributed by atoms with van der Waals surface area (Å²) in [7, 11) is 0. The number of amides is 4. The molecule has 2 aromatic carbocycles. The van der Waals surface area contributed by atoms with Crippen molar-refractivity contribution >= 4 is 41.0 Å². The van der Waals surface area contributed by atoms with Crippen LogP contribution in [0.1, 0.15) is 92.8 Å². The Balaban J connectivity index is 1.16. The van der Waals surface area contributed by atoms with Gasteiger partial charge in [0, 0.05) is 12.1 Å². The first-order chi connectivity index (χ1) is 18.5. The second-order valence-corrected chi connectivity index (χ2v) is 11.0. The zero-order valence-corrected chi connectivity index (χ0v) is 21.8. The molecule has 6 rings (SSSR count). The summed E-state index contributed by atoms with van der Waals surface area (Å²) in [5.41, 5.74) is 1.81. The van der Waals surface area contributed by atoms with E-state index in [9.17, 15) is 19.2 Å². The molecule has 4 amide bonds. The summed E-state index contributed by atoms with van der Waals surface area (Å²) < 4.78 is 0. The fourth-order valence-corrected chi connectivity index (χ4v) is 6.88. The van der Waals surface area contributed by atoms with Crippen molar-refractivity contribution in [3.8, 4) is 0 Å². The predicted octanol–water partition coefficient (Wildman–Crippen LogP) is 3.67. The van der Waals surface area contributed by atoms with Crippen LogP contribution in [0.15, 0.2) is 48.5 Å². The lowest BCUT2D eigenvalue weighted by Gasteiger charge is -2.40. The molecule has 2 fully saturated rings. The van der Waals surface area contributed by atoms with Gasteiger partial charge in [-0.3, -0.25) is 29.0 Å². The highest BCUT2D eigenvalue weighted by atomic mass is 32.1. The summed E-state index contributed by atoms with van der Waals surface area (Å²) in [5, 5.41) is 7.22. The quantitative estimate of drug-likeness (QED) is 0.460. The molecule has 0 spiro atoms. The van der Waals surface area contributed by atoms with E-state index in [1.807, 2.05) is 0 Å². The van der Waals surface area contributed by atoms with Crippen LogP contribution in [0, 0.1) is 0 Å². The molecule has 0 saturated heterocycles. The Hall–Kier alpha value is -3.59. The van der Waals surface area contributed by atoms with Gasteiger partial charge in [0.25, 0.3) is 23.6 Å². The Morgan fingerprint density at radius 3 is 1.24 bits per heavy atom. The van der Waals surface area contributed by atoms with Gasteiger partial charge in [-0.1, -0.05) is 49.9 Å². The third kappa shape index (κ3) is 4.09. The van der Waals surface area contributed by atoms with Crippen LogP contribution in [0.5, 0.6) is 0 Å². The highest BCUT2D eigenvalue weighted by Gasteiger charge is 2.45. The lowest BCUT2D eigenvalue weighted by atomic mass is 9.88. The molecule has 196 valence electrons. The second kappa shape index (κ2) is 9.94. The first-order valence-corrected chi connectivity index (χ1v) is 13.9. The number of nitrogens with zero attached hydrogens (tertiary/aromatic N) is 2. The number of carbonyl (C=O) groups excluding carboxylic acids is 4. The lowest BCUT2D eigenvalue weighted by Crippen LogP contribution is -2.60. The highest BCUT2D eigenvalue weighted by molar-refractivity contribution is 7.80. The number of hydrogen-bond donors (Lipinski definition) is 2. The van der Waals surface area contributed by atoms with Gasteiger partial charge in [0.2, 0.25) is 0 Å². The molecule has 0 aromatic heterocycles. The summed E-state index contributed by atoms with van der Waals surface area (Å²) >= 11 is 5.73. The summed E-state index contributed by atoms with van der Waals surface area (Å²) in [6, 6.07) is 13.0. The van der Waals surface area contributed by atoms with Crippen LogP contribution in [-0.2, 0) is 0 Å². The number of rotatable bonds is 4. The van der Waals surface area contributed by atoms with Crippen LogP contribution in [-0.4, -0.2) is 62.7 Å². The average molecular weight is 531 g/mol. The lowest BCUT2D eigenvalue weighted by molar-refractivity contribution is 0.0509. The number of benzene rings is 2. The molecule has 9 heteroatoms. The van der Waals surface area contributed by atoms with E-state index in [2.05, 4.69) is 10.6 Å². The third-order valence-electron chi connectivity index (χ3n) is 8.41. The summed E-state index contributed by atoms with van der Waals surface area (Å²) in [6.45, 7) is 0. The number of fused-ring (bicyclic) bond motifs is 2. The molecule has 2 aliphatic heterocycles. The second-order valence-electron chi connectivity index (χ2n) is 10.6. The Labute approximate surface area is 226 Å². The van der Waals surface area contributed by atoms with Crippen molar-refractivity contribution in [2.24, 2.45) is 0 Å². The maximum absolute atomic E-state index is 13.2. The van der Waals surface area contributed by atoms with Gasteiger partial charge in [0.05, 0.1) is 34.3 Å². The molecule has 0 bridgehead atoms. The average Bonchev–Trinajstić information content (AvgIpc) is 3.34. The molecule has 4 aliphatic rings. The molecule has 4 atom stereocenters.